The molecule has 1 aromatic carbocycles. The van der Waals surface area contributed by atoms with E-state index >= 15 is 0 Å². The van der Waals surface area contributed by atoms with Crippen LogP contribution < -0.4 is 10.9 Å². The number of aromatic amines is 1. The Morgan fingerprint density at radius 1 is 1.25 bits per heavy atom. The van der Waals surface area contributed by atoms with Crippen molar-refractivity contribution in [3.05, 3.63) is 40.2 Å². The number of aliphatic hydroxyl groups excluding tert-OH is 1. The number of hydrogen-bond donors (Lipinski definition) is 5. The van der Waals surface area contributed by atoms with Crippen LogP contribution in [0.1, 0.15) is 37.4 Å². The Hall–Kier alpha value is -2.42. The number of aliphatic hydroxyl groups is 1. The molecule has 28 heavy (non-hydrogen) atoms. The molecule has 0 bridgehead atoms. The van der Waals surface area contributed by atoms with Gasteiger partial charge in [-0.2, -0.15) is 0 Å². The number of pyridine rings is 1. The van der Waals surface area contributed by atoms with Gasteiger partial charge in [-0.1, -0.05) is 6.07 Å². The van der Waals surface area contributed by atoms with E-state index in [1.165, 1.54) is 12.1 Å². The first-order valence-electron chi connectivity index (χ1n) is 9.64. The third kappa shape index (κ3) is 5.09. The number of piperidine rings is 1. The number of nitrogens with zero attached hydrogens (tertiary/aromatic N) is 1. The number of rotatable bonds is 8. The molecule has 0 saturated carbocycles. The van der Waals surface area contributed by atoms with Gasteiger partial charge in [0, 0.05) is 30.5 Å². The monoisotopic (exact) mass is 389 g/mol. The molecule has 152 valence electrons. The number of hydrogen-bond acceptors (Lipinski definition) is 6. The van der Waals surface area contributed by atoms with Crippen LogP contribution in [0.25, 0.3) is 10.9 Å². The van der Waals surface area contributed by atoms with Crippen LogP contribution in [0.2, 0.25) is 0 Å². The number of aliphatic carboxylic acids is 1. The number of carbonyl (C=O) groups is 1. The number of likely N-dealkylation sites (tertiary alicyclic amines) is 1. The van der Waals surface area contributed by atoms with E-state index < -0.39 is 12.1 Å². The van der Waals surface area contributed by atoms with Gasteiger partial charge in [-0.05, 0) is 56.6 Å². The van der Waals surface area contributed by atoms with Gasteiger partial charge < -0.3 is 30.5 Å². The molecule has 1 aliphatic rings. The van der Waals surface area contributed by atoms with Gasteiger partial charge in [0.25, 0.3) is 0 Å². The van der Waals surface area contributed by atoms with E-state index in [1.54, 1.807) is 12.1 Å². The van der Waals surface area contributed by atoms with Crippen LogP contribution >= 0.6 is 0 Å². The summed E-state index contributed by atoms with van der Waals surface area (Å²) >= 11 is 0. The normalized spacial score (nSPS) is 17.0. The molecular formula is C20H27N3O5. The Balaban J connectivity index is 1.52. The smallest absolute Gasteiger partial charge is 0.303 e. The fourth-order valence-corrected chi connectivity index (χ4v) is 3.75. The average molecular weight is 389 g/mol. The summed E-state index contributed by atoms with van der Waals surface area (Å²) in [6, 6.07) is 6.45. The lowest BCUT2D eigenvalue weighted by Crippen LogP contribution is -2.43. The quantitative estimate of drug-likeness (QED) is 0.459. The molecule has 1 aliphatic heterocycles. The minimum absolute atomic E-state index is 0.0214. The van der Waals surface area contributed by atoms with Gasteiger partial charge >= 0.3 is 5.97 Å². The number of aromatic hydroxyl groups is 1. The standard InChI is InChI=1S/C20H27N3O5/c24-16-5-3-14(15-4-6-18(26)22-20(15)16)17(25)12-21-13-7-10-23(11-8-13)9-1-2-19(27)28/h3-6,13,17,21,24-25H,1-2,7-12H2,(H,22,26)(H,27,28)/t17-/m0/s1. The predicted octanol–water partition coefficient (Wildman–Crippen LogP) is 1.19. The van der Waals surface area contributed by atoms with E-state index in [-0.39, 0.29) is 17.7 Å². The lowest BCUT2D eigenvalue weighted by Gasteiger charge is -2.32. The summed E-state index contributed by atoms with van der Waals surface area (Å²) in [5.41, 5.74) is 0.684. The van der Waals surface area contributed by atoms with Gasteiger partial charge in [-0.3, -0.25) is 9.59 Å². The van der Waals surface area contributed by atoms with Crippen LogP contribution in [0.15, 0.2) is 29.1 Å². The Kier molecular flexibility index (Phi) is 6.66. The molecule has 0 spiro atoms. The number of fused-ring (bicyclic) bond motifs is 1. The minimum Gasteiger partial charge on any atom is -0.506 e. The second-order valence-corrected chi connectivity index (χ2v) is 7.32. The maximum Gasteiger partial charge on any atom is 0.303 e. The summed E-state index contributed by atoms with van der Waals surface area (Å²) in [6.45, 7) is 3.01. The highest BCUT2D eigenvalue weighted by atomic mass is 16.4. The first-order valence-corrected chi connectivity index (χ1v) is 9.64. The van der Waals surface area contributed by atoms with Crippen molar-refractivity contribution in [3.8, 4) is 5.75 Å². The van der Waals surface area contributed by atoms with Crippen LogP contribution in [0.5, 0.6) is 5.75 Å². The highest BCUT2D eigenvalue weighted by molar-refractivity contribution is 5.87. The molecule has 1 atom stereocenters. The summed E-state index contributed by atoms with van der Waals surface area (Å²) < 4.78 is 0. The molecular weight excluding hydrogens is 362 g/mol. The van der Waals surface area contributed by atoms with E-state index in [0.717, 1.165) is 32.5 Å². The Morgan fingerprint density at radius 2 is 2.00 bits per heavy atom. The average Bonchev–Trinajstić information content (AvgIpc) is 2.67. The van der Waals surface area contributed by atoms with E-state index in [4.69, 9.17) is 5.11 Å². The number of phenolic OH excluding ortho intramolecular Hbond substituents is 1. The summed E-state index contributed by atoms with van der Waals surface area (Å²) in [5.74, 6) is -0.775. The van der Waals surface area contributed by atoms with Crippen LogP contribution in [0.3, 0.4) is 0 Å². The maximum atomic E-state index is 11.5. The molecule has 1 aromatic heterocycles. The number of benzene rings is 1. The van der Waals surface area contributed by atoms with Crippen LogP contribution in [-0.2, 0) is 4.79 Å². The predicted molar refractivity (Wildman–Crippen MR) is 106 cm³/mol. The summed E-state index contributed by atoms with van der Waals surface area (Å²) in [5, 5.41) is 33.3. The van der Waals surface area contributed by atoms with Crippen molar-refractivity contribution in [1.29, 1.82) is 0 Å². The first-order chi connectivity index (χ1) is 13.4. The van der Waals surface area contributed by atoms with Gasteiger partial charge in [0.15, 0.2) is 0 Å². The number of H-pyrrole nitrogens is 1. The molecule has 0 amide bonds. The highest BCUT2D eigenvalue weighted by Crippen LogP contribution is 2.28. The van der Waals surface area contributed by atoms with Gasteiger partial charge in [0.05, 0.1) is 11.6 Å². The largest absolute Gasteiger partial charge is 0.506 e. The zero-order chi connectivity index (χ0) is 20.1. The van der Waals surface area contributed by atoms with Crippen LogP contribution in [0.4, 0.5) is 0 Å². The second-order valence-electron chi connectivity index (χ2n) is 7.32. The van der Waals surface area contributed by atoms with Crippen molar-refractivity contribution in [1.82, 2.24) is 15.2 Å². The van der Waals surface area contributed by atoms with E-state index in [9.17, 15) is 19.8 Å². The lowest BCUT2D eigenvalue weighted by molar-refractivity contribution is -0.137. The number of phenols is 1. The molecule has 8 heteroatoms. The van der Waals surface area contributed by atoms with E-state index in [0.29, 0.717) is 35.5 Å². The van der Waals surface area contributed by atoms with Crippen LogP contribution in [0, 0.1) is 0 Å². The topological polar surface area (TPSA) is 126 Å². The third-order valence-corrected chi connectivity index (χ3v) is 5.32. The van der Waals surface area contributed by atoms with Gasteiger partial charge in [0.2, 0.25) is 5.56 Å². The number of aromatic nitrogens is 1. The zero-order valence-corrected chi connectivity index (χ0v) is 15.7. The SMILES string of the molecule is O=C(O)CCCN1CCC(NC[C@H](O)c2ccc(O)c3[nH]c(=O)ccc23)CC1. The number of carboxylic acids is 1. The molecule has 0 aliphatic carbocycles. The maximum absolute atomic E-state index is 11.5. The van der Waals surface area contributed by atoms with Crippen molar-refractivity contribution in [2.45, 2.75) is 37.8 Å². The van der Waals surface area contributed by atoms with Gasteiger partial charge in [-0.15, -0.1) is 0 Å². The van der Waals surface area contributed by atoms with Crippen molar-refractivity contribution in [3.63, 3.8) is 0 Å². The molecule has 1 saturated heterocycles. The molecule has 8 nitrogen and oxygen atoms in total. The second kappa shape index (κ2) is 9.18. The molecule has 5 N–H and O–H groups in total. The number of nitrogens with one attached hydrogen (secondary N) is 2. The van der Waals surface area contributed by atoms with Crippen molar-refractivity contribution in [2.75, 3.05) is 26.2 Å². The van der Waals surface area contributed by atoms with Crippen molar-refractivity contribution in [2.24, 2.45) is 0 Å². The minimum atomic E-state index is -0.761. The van der Waals surface area contributed by atoms with Crippen molar-refractivity contribution >= 4 is 16.9 Å². The first kappa shape index (κ1) is 20.3. The lowest BCUT2D eigenvalue weighted by atomic mass is 10.0. The van der Waals surface area contributed by atoms with E-state index in [2.05, 4.69) is 15.2 Å². The molecule has 0 unspecified atom stereocenters. The molecule has 1 fully saturated rings. The molecule has 0 radical (unpaired) electrons. The van der Waals surface area contributed by atoms with Crippen LogP contribution in [-0.4, -0.2) is 63.4 Å². The molecule has 2 aromatic rings. The third-order valence-electron chi connectivity index (χ3n) is 5.32. The summed E-state index contributed by atoms with van der Waals surface area (Å²) in [7, 11) is 0. The fourth-order valence-electron chi connectivity index (χ4n) is 3.75. The Labute approximate surface area is 162 Å². The van der Waals surface area contributed by atoms with Crippen molar-refractivity contribution < 1.29 is 20.1 Å². The highest BCUT2D eigenvalue weighted by Gasteiger charge is 2.20. The molecule has 3 rings (SSSR count). The van der Waals surface area contributed by atoms with E-state index in [1.807, 2.05) is 0 Å². The summed E-state index contributed by atoms with van der Waals surface area (Å²) in [4.78, 5) is 27.0. The summed E-state index contributed by atoms with van der Waals surface area (Å²) in [6.07, 6.45) is 2.01. The Morgan fingerprint density at radius 3 is 2.71 bits per heavy atom. The van der Waals surface area contributed by atoms with Gasteiger partial charge in [-0.25, -0.2) is 0 Å². The zero-order valence-electron chi connectivity index (χ0n) is 15.7. The molecule has 2 heterocycles. The van der Waals surface area contributed by atoms with Gasteiger partial charge in [0.1, 0.15) is 5.75 Å². The Bertz CT molecular complexity index is 874. The fraction of sp³-hybridized carbons (Fsp3) is 0.500. The number of carboxylic acid groups (broad SMARTS) is 1.